The van der Waals surface area contributed by atoms with Gasteiger partial charge in [-0.2, -0.15) is 0 Å². The predicted molar refractivity (Wildman–Crippen MR) is 151 cm³/mol. The molecule has 3 aromatic carbocycles. The zero-order chi connectivity index (χ0) is 28.7. The first-order valence-electron chi connectivity index (χ1n) is 12.6. The molecule has 0 aromatic heterocycles. The Bertz CT molecular complexity index is 1400. The molecule has 10 heteroatoms. The Morgan fingerprint density at radius 1 is 0.949 bits per heavy atom. The van der Waals surface area contributed by atoms with E-state index in [1.165, 1.54) is 41.3 Å². The lowest BCUT2D eigenvalue weighted by atomic mass is 10.1. The molecule has 3 rings (SSSR count). The first-order chi connectivity index (χ1) is 18.4. The van der Waals surface area contributed by atoms with E-state index in [-0.39, 0.29) is 29.0 Å². The summed E-state index contributed by atoms with van der Waals surface area (Å²) in [5.41, 5.74) is 1.32. The van der Waals surface area contributed by atoms with Crippen LogP contribution in [-0.4, -0.2) is 44.3 Å². The third kappa shape index (κ3) is 7.58. The minimum Gasteiger partial charge on any atom is -0.354 e. The fraction of sp³-hybridized carbons (Fsp3) is 0.310. The van der Waals surface area contributed by atoms with Crippen LogP contribution in [0, 0.1) is 18.7 Å². The molecule has 0 aliphatic rings. The molecule has 0 radical (unpaired) electrons. The summed E-state index contributed by atoms with van der Waals surface area (Å²) in [7, 11) is -4.19. The van der Waals surface area contributed by atoms with Crippen LogP contribution in [0.2, 0.25) is 5.02 Å². The van der Waals surface area contributed by atoms with Crippen molar-refractivity contribution < 1.29 is 22.4 Å². The minimum atomic E-state index is -4.19. The fourth-order valence-corrected chi connectivity index (χ4v) is 5.58. The number of rotatable bonds is 11. The molecule has 0 aliphatic carbocycles. The van der Waals surface area contributed by atoms with E-state index >= 15 is 0 Å². The molecule has 0 heterocycles. The number of anilines is 1. The van der Waals surface area contributed by atoms with Crippen LogP contribution in [0.15, 0.2) is 77.7 Å². The Morgan fingerprint density at radius 2 is 1.59 bits per heavy atom. The maximum absolute atomic E-state index is 13.9. The van der Waals surface area contributed by atoms with E-state index in [0.717, 1.165) is 4.31 Å². The quantitative estimate of drug-likeness (QED) is 0.343. The molecular weight excluding hydrogens is 541 g/mol. The Kier molecular flexibility index (Phi) is 10.1. The number of amides is 2. The highest BCUT2D eigenvalue weighted by Crippen LogP contribution is 2.31. The zero-order valence-electron chi connectivity index (χ0n) is 22.4. The van der Waals surface area contributed by atoms with Crippen LogP contribution in [0.4, 0.5) is 10.1 Å². The van der Waals surface area contributed by atoms with Crippen LogP contribution < -0.4 is 9.62 Å². The lowest BCUT2D eigenvalue weighted by Crippen LogP contribution is -2.51. The number of halogens is 2. The lowest BCUT2D eigenvalue weighted by Gasteiger charge is -2.32. The second-order valence-electron chi connectivity index (χ2n) is 9.67. The fourth-order valence-electron chi connectivity index (χ4n) is 3.92. The van der Waals surface area contributed by atoms with Crippen LogP contribution in [0.5, 0.6) is 0 Å². The van der Waals surface area contributed by atoms with Crippen molar-refractivity contribution in [2.45, 2.75) is 45.2 Å². The van der Waals surface area contributed by atoms with E-state index in [1.54, 1.807) is 50.2 Å². The first kappa shape index (κ1) is 30.1. The zero-order valence-corrected chi connectivity index (χ0v) is 24.0. The van der Waals surface area contributed by atoms with Crippen molar-refractivity contribution in [1.82, 2.24) is 10.2 Å². The summed E-state index contributed by atoms with van der Waals surface area (Å²) in [5.74, 6) is -1.23. The first-order valence-corrected chi connectivity index (χ1v) is 14.4. The van der Waals surface area contributed by atoms with Gasteiger partial charge < -0.3 is 10.2 Å². The lowest BCUT2D eigenvalue weighted by molar-refractivity contribution is -0.139. The van der Waals surface area contributed by atoms with E-state index in [1.807, 2.05) is 13.8 Å². The Labute approximate surface area is 234 Å². The van der Waals surface area contributed by atoms with E-state index < -0.39 is 34.3 Å². The van der Waals surface area contributed by atoms with Crippen molar-refractivity contribution in [3.63, 3.8) is 0 Å². The van der Waals surface area contributed by atoms with Gasteiger partial charge in [0.25, 0.3) is 10.0 Å². The van der Waals surface area contributed by atoms with Gasteiger partial charge in [-0.3, -0.25) is 13.9 Å². The highest BCUT2D eigenvalue weighted by molar-refractivity contribution is 7.92. The largest absolute Gasteiger partial charge is 0.354 e. The molecular formula is C29H33ClFN3O4S. The van der Waals surface area contributed by atoms with Gasteiger partial charge in [0.1, 0.15) is 18.4 Å². The smallest absolute Gasteiger partial charge is 0.264 e. The maximum Gasteiger partial charge on any atom is 0.264 e. The standard InChI is InChI=1S/C29H33ClFN3O4S/c1-20(2)17-32-29(36)22(4)33(18-23-13-15-24(31)16-14-23)28(35)19-34(27-12-8-11-26(30)21(27)3)39(37,38)25-9-6-5-7-10-25/h5-16,20,22H,17-19H2,1-4H3,(H,32,36). The van der Waals surface area contributed by atoms with Crippen molar-refractivity contribution in [3.05, 3.63) is 94.8 Å². The van der Waals surface area contributed by atoms with Crippen LogP contribution in [0.1, 0.15) is 31.9 Å². The molecule has 39 heavy (non-hydrogen) atoms. The summed E-state index contributed by atoms with van der Waals surface area (Å²) >= 11 is 6.33. The number of hydrogen-bond acceptors (Lipinski definition) is 4. The number of nitrogens with zero attached hydrogens (tertiary/aromatic N) is 2. The molecule has 1 N–H and O–H groups in total. The molecule has 3 aromatic rings. The van der Waals surface area contributed by atoms with Crippen LogP contribution in [-0.2, 0) is 26.2 Å². The third-order valence-corrected chi connectivity index (χ3v) is 8.42. The number of carbonyl (C=O) groups is 2. The second kappa shape index (κ2) is 13.1. The van der Waals surface area contributed by atoms with Crippen molar-refractivity contribution in [3.8, 4) is 0 Å². The summed E-state index contributed by atoms with van der Waals surface area (Å²) in [6, 6.07) is 17.3. The summed E-state index contributed by atoms with van der Waals surface area (Å²) in [6.07, 6.45) is 0. The molecule has 1 atom stereocenters. The maximum atomic E-state index is 13.9. The minimum absolute atomic E-state index is 0.00462. The van der Waals surface area contributed by atoms with Gasteiger partial charge in [0.15, 0.2) is 0 Å². The summed E-state index contributed by atoms with van der Waals surface area (Å²) in [4.78, 5) is 28.2. The van der Waals surface area contributed by atoms with E-state index in [4.69, 9.17) is 11.6 Å². The number of carbonyl (C=O) groups excluding carboxylic acids is 2. The average Bonchev–Trinajstić information content (AvgIpc) is 2.91. The van der Waals surface area contributed by atoms with Gasteiger partial charge in [0.2, 0.25) is 11.8 Å². The van der Waals surface area contributed by atoms with Gasteiger partial charge in [-0.25, -0.2) is 12.8 Å². The van der Waals surface area contributed by atoms with E-state index in [0.29, 0.717) is 22.7 Å². The Balaban J connectivity index is 2.04. The van der Waals surface area contributed by atoms with Crippen molar-refractivity contribution in [1.29, 1.82) is 0 Å². The molecule has 1 unspecified atom stereocenters. The topological polar surface area (TPSA) is 86.8 Å². The van der Waals surface area contributed by atoms with E-state index in [2.05, 4.69) is 5.32 Å². The van der Waals surface area contributed by atoms with Crippen molar-refractivity contribution >= 4 is 39.1 Å². The monoisotopic (exact) mass is 573 g/mol. The molecule has 0 saturated heterocycles. The normalized spacial score (nSPS) is 12.2. The van der Waals surface area contributed by atoms with Crippen LogP contribution >= 0.6 is 11.6 Å². The molecule has 0 spiro atoms. The van der Waals surface area contributed by atoms with Gasteiger partial charge in [0, 0.05) is 18.1 Å². The molecule has 0 saturated carbocycles. The highest BCUT2D eigenvalue weighted by atomic mass is 35.5. The van der Waals surface area contributed by atoms with Crippen LogP contribution in [0.3, 0.4) is 0 Å². The molecule has 208 valence electrons. The van der Waals surface area contributed by atoms with Gasteiger partial charge in [0.05, 0.1) is 10.6 Å². The second-order valence-corrected chi connectivity index (χ2v) is 11.9. The molecule has 7 nitrogen and oxygen atoms in total. The summed E-state index contributed by atoms with van der Waals surface area (Å²) in [6.45, 7) is 6.96. The van der Waals surface area contributed by atoms with E-state index in [9.17, 15) is 22.4 Å². The van der Waals surface area contributed by atoms with Gasteiger partial charge in [-0.1, -0.05) is 61.8 Å². The number of hydrogen-bond donors (Lipinski definition) is 1. The number of benzene rings is 3. The summed E-state index contributed by atoms with van der Waals surface area (Å²) in [5, 5.41) is 3.17. The third-order valence-electron chi connectivity index (χ3n) is 6.24. The van der Waals surface area contributed by atoms with Gasteiger partial charge in [-0.15, -0.1) is 0 Å². The highest BCUT2D eigenvalue weighted by Gasteiger charge is 2.33. The van der Waals surface area contributed by atoms with Crippen LogP contribution in [0.25, 0.3) is 0 Å². The molecule has 2 amide bonds. The predicted octanol–water partition coefficient (Wildman–Crippen LogP) is 5.17. The molecule has 0 bridgehead atoms. The van der Waals surface area contributed by atoms with Gasteiger partial charge in [-0.05, 0) is 67.3 Å². The SMILES string of the molecule is Cc1c(Cl)cccc1N(CC(=O)N(Cc1ccc(F)cc1)C(C)C(=O)NCC(C)C)S(=O)(=O)c1ccccc1. The number of sulfonamides is 1. The van der Waals surface area contributed by atoms with Crippen molar-refractivity contribution in [2.24, 2.45) is 5.92 Å². The Morgan fingerprint density at radius 3 is 2.21 bits per heavy atom. The molecule has 0 aliphatic heterocycles. The van der Waals surface area contributed by atoms with Gasteiger partial charge >= 0.3 is 0 Å². The van der Waals surface area contributed by atoms with Crippen molar-refractivity contribution in [2.75, 3.05) is 17.4 Å². The molecule has 0 fully saturated rings. The Hall–Kier alpha value is -3.43. The number of nitrogens with one attached hydrogen (secondary N) is 1. The summed E-state index contributed by atoms with van der Waals surface area (Å²) < 4.78 is 42.2. The average molecular weight is 574 g/mol.